The van der Waals surface area contributed by atoms with Crippen LogP contribution < -0.4 is 0 Å². The molecule has 0 aliphatic heterocycles. The molecule has 0 radical (unpaired) electrons. The van der Waals surface area contributed by atoms with Crippen molar-refractivity contribution in [1.82, 2.24) is 0 Å². The smallest absolute Gasteiger partial charge is 0.475 e. The zero-order chi connectivity index (χ0) is 24.3. The van der Waals surface area contributed by atoms with Gasteiger partial charge in [-0.05, 0) is 0 Å². The van der Waals surface area contributed by atoms with Crippen molar-refractivity contribution >= 4 is 23.9 Å². The van der Waals surface area contributed by atoms with E-state index in [2.05, 4.69) is 0 Å². The molecule has 0 unspecified atom stereocenters. The van der Waals surface area contributed by atoms with Crippen LogP contribution in [-0.4, -0.2) is 69.0 Å². The van der Waals surface area contributed by atoms with Crippen LogP contribution in [0.1, 0.15) is 0 Å². The quantitative estimate of drug-likeness (QED) is 0.407. The average molecular weight is 456 g/mol. The van der Waals surface area contributed by atoms with Gasteiger partial charge in [0, 0.05) is 0 Å². The third-order valence-corrected chi connectivity index (χ3v) is 0.970. The second-order valence-corrected chi connectivity index (χ2v) is 3.21. The van der Waals surface area contributed by atoms with Crippen molar-refractivity contribution < 1.29 is 92.3 Å². The van der Waals surface area contributed by atoms with E-state index in [1.54, 1.807) is 0 Å². The molecule has 0 spiro atoms. The van der Waals surface area contributed by atoms with Crippen LogP contribution in [0.5, 0.6) is 0 Å². The minimum Gasteiger partial charge on any atom is -0.475 e. The van der Waals surface area contributed by atoms with Crippen molar-refractivity contribution in [2.24, 2.45) is 0 Å². The summed E-state index contributed by atoms with van der Waals surface area (Å²) in [6, 6.07) is 0. The fourth-order valence-corrected chi connectivity index (χ4v) is 0. The van der Waals surface area contributed by atoms with Crippen LogP contribution in [0.25, 0.3) is 0 Å². The molecule has 0 aromatic heterocycles. The van der Waals surface area contributed by atoms with Gasteiger partial charge in [-0.15, -0.1) is 0 Å². The van der Waals surface area contributed by atoms with Crippen molar-refractivity contribution in [2.45, 2.75) is 24.7 Å². The highest BCUT2D eigenvalue weighted by Crippen LogP contribution is 2.14. The lowest BCUT2D eigenvalue weighted by molar-refractivity contribution is -0.193. The molecule has 28 heavy (non-hydrogen) atoms. The number of carbonyl (C=O) groups is 4. The Bertz CT molecular complexity index is 430. The molecule has 4 N–H and O–H groups in total. The second kappa shape index (κ2) is 11.7. The number of carboxylic acid groups (broad SMARTS) is 4. The minimum absolute atomic E-state index is 2.76. The van der Waals surface area contributed by atoms with E-state index in [9.17, 15) is 52.7 Å². The standard InChI is InChI=1S/4C2HF3O2/c4*3-2(4,5)1(6)7/h4*(H,6,7). The molecule has 8 nitrogen and oxygen atoms in total. The Morgan fingerprint density at radius 3 is 0.393 bits per heavy atom. The van der Waals surface area contributed by atoms with Crippen LogP contribution >= 0.6 is 0 Å². The fourth-order valence-electron chi connectivity index (χ4n) is 0. The largest absolute Gasteiger partial charge is 0.490 e. The van der Waals surface area contributed by atoms with Gasteiger partial charge < -0.3 is 20.4 Å². The summed E-state index contributed by atoms with van der Waals surface area (Å²) in [4.78, 5) is 35.6. The molecular formula is C8H4F12O8. The Morgan fingerprint density at radius 2 is 0.393 bits per heavy atom. The molecule has 0 bridgehead atoms. The van der Waals surface area contributed by atoms with E-state index in [0.717, 1.165) is 0 Å². The Balaban J connectivity index is -0.000000137. The Kier molecular flexibility index (Phi) is 13.6. The van der Waals surface area contributed by atoms with Crippen molar-refractivity contribution in [3.05, 3.63) is 0 Å². The summed E-state index contributed by atoms with van der Waals surface area (Å²) in [6.07, 6.45) is -20.3. The van der Waals surface area contributed by atoms with E-state index in [4.69, 9.17) is 39.6 Å². The SMILES string of the molecule is O=C(O)C(F)(F)F.O=C(O)C(F)(F)F.O=C(O)C(F)(F)F.O=C(O)C(F)(F)F. The number of alkyl halides is 12. The lowest BCUT2D eigenvalue weighted by atomic mass is 10.7. The van der Waals surface area contributed by atoms with E-state index in [0.29, 0.717) is 0 Å². The monoisotopic (exact) mass is 456 g/mol. The number of hydrogen-bond acceptors (Lipinski definition) is 4. The molecule has 0 saturated heterocycles. The van der Waals surface area contributed by atoms with Crippen molar-refractivity contribution in [2.75, 3.05) is 0 Å². The summed E-state index contributed by atoms with van der Waals surface area (Å²) in [5.41, 5.74) is 0. The molecule has 0 fully saturated rings. The third kappa shape index (κ3) is 25.3. The van der Waals surface area contributed by atoms with Crippen molar-refractivity contribution in [3.63, 3.8) is 0 Å². The molecule has 168 valence electrons. The van der Waals surface area contributed by atoms with Crippen LogP contribution in [0.4, 0.5) is 52.7 Å². The lowest BCUT2D eigenvalue weighted by Gasteiger charge is -1.93. The molecule has 20 heteroatoms. The van der Waals surface area contributed by atoms with Gasteiger partial charge in [0.05, 0.1) is 0 Å². The van der Waals surface area contributed by atoms with Gasteiger partial charge in [0.1, 0.15) is 0 Å². The average Bonchev–Trinajstić information content (AvgIpc) is 2.35. The van der Waals surface area contributed by atoms with E-state index in [-0.39, 0.29) is 0 Å². The van der Waals surface area contributed by atoms with Crippen LogP contribution in [0, 0.1) is 0 Å². The number of aliphatic carboxylic acids is 4. The first-order valence-electron chi connectivity index (χ1n) is 4.98. The highest BCUT2D eigenvalue weighted by atomic mass is 19.4. The molecule has 0 heterocycles. The highest BCUT2D eigenvalue weighted by molar-refractivity contribution is 5.74. The summed E-state index contributed by atoms with van der Waals surface area (Å²) in [5.74, 6) is -11.0. The predicted octanol–water partition coefficient (Wildman–Crippen LogP) is 2.53. The molecule has 0 atom stereocenters. The van der Waals surface area contributed by atoms with Gasteiger partial charge in [0.15, 0.2) is 0 Å². The molecule has 0 aromatic rings. The molecule has 0 rings (SSSR count). The van der Waals surface area contributed by atoms with Crippen LogP contribution in [0.3, 0.4) is 0 Å². The molecular weight excluding hydrogens is 452 g/mol. The predicted molar refractivity (Wildman–Crippen MR) is 54.8 cm³/mol. The van der Waals surface area contributed by atoms with Gasteiger partial charge in [-0.1, -0.05) is 0 Å². The number of halogens is 12. The Labute approximate surface area is 142 Å². The zero-order valence-electron chi connectivity index (χ0n) is 12.0. The molecule has 0 aliphatic rings. The topological polar surface area (TPSA) is 149 Å². The van der Waals surface area contributed by atoms with Gasteiger partial charge in [-0.25, -0.2) is 19.2 Å². The van der Waals surface area contributed by atoms with Crippen molar-refractivity contribution in [3.8, 4) is 0 Å². The zero-order valence-corrected chi connectivity index (χ0v) is 12.0. The van der Waals surface area contributed by atoms with E-state index < -0.39 is 48.6 Å². The number of carboxylic acids is 4. The van der Waals surface area contributed by atoms with Gasteiger partial charge in [0.2, 0.25) is 0 Å². The maximum absolute atomic E-state index is 10.6. The maximum atomic E-state index is 10.6. The van der Waals surface area contributed by atoms with Gasteiger partial charge >= 0.3 is 48.6 Å². The van der Waals surface area contributed by atoms with Crippen LogP contribution in [0.2, 0.25) is 0 Å². The van der Waals surface area contributed by atoms with Crippen LogP contribution in [-0.2, 0) is 19.2 Å². The molecule has 0 aromatic carbocycles. The molecule has 0 aliphatic carbocycles. The van der Waals surface area contributed by atoms with E-state index >= 15 is 0 Å². The third-order valence-electron chi connectivity index (χ3n) is 0.970. The molecule has 0 saturated carbocycles. The maximum Gasteiger partial charge on any atom is 0.490 e. The second-order valence-electron chi connectivity index (χ2n) is 3.21. The van der Waals surface area contributed by atoms with Gasteiger partial charge in [-0.2, -0.15) is 52.7 Å². The summed E-state index contributed by atoms with van der Waals surface area (Å²) in [7, 11) is 0. The normalized spacial score (nSPS) is 11.3. The number of rotatable bonds is 0. The van der Waals surface area contributed by atoms with Crippen LogP contribution in [0.15, 0.2) is 0 Å². The Morgan fingerprint density at radius 1 is 0.357 bits per heavy atom. The molecule has 0 amide bonds. The summed E-state index contributed by atoms with van der Waals surface area (Å²) < 4.78 is 127. The first-order chi connectivity index (χ1) is 11.8. The van der Waals surface area contributed by atoms with Crippen molar-refractivity contribution in [1.29, 1.82) is 0 Å². The summed E-state index contributed by atoms with van der Waals surface area (Å²) in [5, 5.41) is 28.5. The summed E-state index contributed by atoms with van der Waals surface area (Å²) in [6.45, 7) is 0. The Hall–Kier alpha value is -2.96. The highest BCUT2D eigenvalue weighted by Gasteiger charge is 2.39. The lowest BCUT2D eigenvalue weighted by Crippen LogP contribution is -2.21. The fraction of sp³-hybridized carbons (Fsp3) is 0.500. The summed E-state index contributed by atoms with van der Waals surface area (Å²) >= 11 is 0. The first kappa shape index (κ1) is 32.7. The number of hydrogen-bond donors (Lipinski definition) is 4. The van der Waals surface area contributed by atoms with E-state index in [1.165, 1.54) is 0 Å². The van der Waals surface area contributed by atoms with Gasteiger partial charge in [-0.3, -0.25) is 0 Å². The van der Waals surface area contributed by atoms with E-state index in [1.807, 2.05) is 0 Å². The minimum atomic E-state index is -5.08. The first-order valence-corrected chi connectivity index (χ1v) is 4.98. The van der Waals surface area contributed by atoms with Gasteiger partial charge in [0.25, 0.3) is 0 Å².